The van der Waals surface area contributed by atoms with E-state index in [9.17, 15) is 4.79 Å². The quantitative estimate of drug-likeness (QED) is 0.886. The number of hydrogen-bond acceptors (Lipinski definition) is 5. The Hall–Kier alpha value is -1.14. The Morgan fingerprint density at radius 2 is 2.35 bits per heavy atom. The Labute approximate surface area is 123 Å². The Morgan fingerprint density at radius 3 is 3.20 bits per heavy atom. The molecule has 1 aromatic heterocycles. The van der Waals surface area contributed by atoms with Gasteiger partial charge in [0.1, 0.15) is 0 Å². The molecule has 2 aliphatic rings. The van der Waals surface area contributed by atoms with Crippen LogP contribution in [0.3, 0.4) is 0 Å². The summed E-state index contributed by atoms with van der Waals surface area (Å²) in [6.45, 7) is 5.52. The summed E-state index contributed by atoms with van der Waals surface area (Å²) in [5.41, 5.74) is 1.27. The maximum Gasteiger partial charge on any atom is 0.221 e. The zero-order valence-corrected chi connectivity index (χ0v) is 12.8. The minimum absolute atomic E-state index is 0.152. The highest BCUT2D eigenvalue weighted by molar-refractivity contribution is 7.15. The summed E-state index contributed by atoms with van der Waals surface area (Å²) in [4.78, 5) is 19.9. The fourth-order valence-electron chi connectivity index (χ4n) is 2.94. The van der Waals surface area contributed by atoms with Crippen LogP contribution in [0, 0.1) is 0 Å². The van der Waals surface area contributed by atoms with Crippen molar-refractivity contribution >= 4 is 22.4 Å². The molecule has 2 N–H and O–H groups in total. The number of carbonyl (C=O) groups is 1. The second-order valence-electron chi connectivity index (χ2n) is 5.40. The zero-order valence-electron chi connectivity index (χ0n) is 11.9. The van der Waals surface area contributed by atoms with E-state index in [-0.39, 0.29) is 5.91 Å². The van der Waals surface area contributed by atoms with Crippen LogP contribution in [0.2, 0.25) is 0 Å². The van der Waals surface area contributed by atoms with Crippen molar-refractivity contribution in [1.82, 2.24) is 15.6 Å². The molecule has 6 heteroatoms. The second kappa shape index (κ2) is 6.10. The number of nitrogens with zero attached hydrogens (tertiary/aromatic N) is 2. The van der Waals surface area contributed by atoms with E-state index in [0.29, 0.717) is 12.5 Å². The van der Waals surface area contributed by atoms with Crippen LogP contribution >= 0.6 is 11.3 Å². The number of carbonyl (C=O) groups excluding carboxylic acids is 1. The lowest BCUT2D eigenvalue weighted by molar-refractivity contribution is -0.120. The number of aryl methyl sites for hydroxylation is 1. The number of rotatable bonds is 3. The first-order valence-electron chi connectivity index (χ1n) is 7.52. The molecular weight excluding hydrogens is 272 g/mol. The summed E-state index contributed by atoms with van der Waals surface area (Å²) >= 11 is 1.81. The summed E-state index contributed by atoms with van der Waals surface area (Å²) in [5, 5.41) is 7.57. The van der Waals surface area contributed by atoms with Gasteiger partial charge in [-0.2, -0.15) is 0 Å². The van der Waals surface area contributed by atoms with Crippen molar-refractivity contribution in [3.63, 3.8) is 0 Å². The molecule has 2 heterocycles. The third-order valence-electron chi connectivity index (χ3n) is 3.97. The Morgan fingerprint density at radius 1 is 1.45 bits per heavy atom. The minimum atomic E-state index is 0.152. The summed E-state index contributed by atoms with van der Waals surface area (Å²) in [6.07, 6.45) is 4.09. The first kappa shape index (κ1) is 13.8. The predicted molar refractivity (Wildman–Crippen MR) is 81.3 cm³/mol. The van der Waals surface area contributed by atoms with Gasteiger partial charge < -0.3 is 15.5 Å². The Kier molecular flexibility index (Phi) is 4.21. The summed E-state index contributed by atoms with van der Waals surface area (Å²) in [6, 6.07) is 0.474. The van der Waals surface area contributed by atoms with Crippen LogP contribution in [-0.2, 0) is 11.2 Å². The van der Waals surface area contributed by atoms with E-state index in [1.165, 1.54) is 23.4 Å². The van der Waals surface area contributed by atoms with E-state index in [1.54, 1.807) is 0 Å². The summed E-state index contributed by atoms with van der Waals surface area (Å²) < 4.78 is 0. The number of fused-ring (bicyclic) bond motifs is 1. The monoisotopic (exact) mass is 294 g/mol. The zero-order chi connectivity index (χ0) is 13.9. The molecule has 0 aromatic carbocycles. The molecule has 0 spiro atoms. The van der Waals surface area contributed by atoms with Crippen molar-refractivity contribution < 1.29 is 4.79 Å². The van der Waals surface area contributed by atoms with Gasteiger partial charge in [0.2, 0.25) is 5.91 Å². The van der Waals surface area contributed by atoms with E-state index in [4.69, 9.17) is 4.98 Å². The molecule has 3 rings (SSSR count). The standard InChI is InChI=1S/C14H22N4OS/c1-2-15-10-4-3-5-11-13(10)20-14(17-11)18-8-6-12(19)16-7-9-18/h10,15H,2-9H2,1H3,(H,16,19). The molecule has 1 aliphatic heterocycles. The lowest BCUT2D eigenvalue weighted by atomic mass is 9.98. The molecule has 0 bridgehead atoms. The van der Waals surface area contributed by atoms with Crippen LogP contribution in [0.25, 0.3) is 0 Å². The van der Waals surface area contributed by atoms with E-state index in [1.807, 2.05) is 11.3 Å². The van der Waals surface area contributed by atoms with Gasteiger partial charge in [-0.1, -0.05) is 18.3 Å². The molecule has 0 radical (unpaired) electrons. The predicted octanol–water partition coefficient (Wildman–Crippen LogP) is 1.46. The molecule has 1 unspecified atom stereocenters. The van der Waals surface area contributed by atoms with Crippen LogP contribution in [0.15, 0.2) is 0 Å². The van der Waals surface area contributed by atoms with Gasteiger partial charge in [-0.15, -0.1) is 0 Å². The highest BCUT2D eigenvalue weighted by atomic mass is 32.1. The van der Waals surface area contributed by atoms with Crippen molar-refractivity contribution in [1.29, 1.82) is 0 Å². The van der Waals surface area contributed by atoms with E-state index in [0.717, 1.165) is 37.7 Å². The van der Waals surface area contributed by atoms with Gasteiger partial charge >= 0.3 is 0 Å². The summed E-state index contributed by atoms with van der Waals surface area (Å²) in [5.74, 6) is 0.152. The van der Waals surface area contributed by atoms with Gasteiger partial charge in [0.05, 0.1) is 5.69 Å². The van der Waals surface area contributed by atoms with Crippen molar-refractivity contribution in [3.8, 4) is 0 Å². The molecule has 1 aliphatic carbocycles. The Bertz CT molecular complexity index is 488. The maximum atomic E-state index is 11.4. The number of amides is 1. The maximum absolute atomic E-state index is 11.4. The Balaban J connectivity index is 1.79. The highest BCUT2D eigenvalue weighted by Gasteiger charge is 2.26. The lowest BCUT2D eigenvalue weighted by Gasteiger charge is -2.21. The smallest absolute Gasteiger partial charge is 0.221 e. The molecule has 1 amide bonds. The van der Waals surface area contributed by atoms with Gasteiger partial charge in [0, 0.05) is 37.0 Å². The molecular formula is C14H22N4OS. The van der Waals surface area contributed by atoms with Crippen molar-refractivity contribution in [2.24, 2.45) is 0 Å². The molecule has 1 fully saturated rings. The number of thiazole rings is 1. The number of anilines is 1. The van der Waals surface area contributed by atoms with Crippen molar-refractivity contribution in [3.05, 3.63) is 10.6 Å². The fourth-order valence-corrected chi connectivity index (χ4v) is 4.21. The average Bonchev–Trinajstić information content (AvgIpc) is 2.76. The molecule has 1 atom stereocenters. The molecule has 1 saturated heterocycles. The van der Waals surface area contributed by atoms with Gasteiger partial charge in [-0.05, 0) is 25.8 Å². The average molecular weight is 294 g/mol. The highest BCUT2D eigenvalue weighted by Crippen LogP contribution is 2.37. The molecule has 20 heavy (non-hydrogen) atoms. The first-order valence-corrected chi connectivity index (χ1v) is 8.34. The number of nitrogens with one attached hydrogen (secondary N) is 2. The molecule has 0 saturated carbocycles. The molecule has 110 valence electrons. The SMILES string of the molecule is CCNC1CCCc2nc(N3CCNC(=O)CC3)sc21. The van der Waals surface area contributed by atoms with Crippen LogP contribution in [-0.4, -0.2) is 37.1 Å². The van der Waals surface area contributed by atoms with Crippen LogP contribution in [0.4, 0.5) is 5.13 Å². The van der Waals surface area contributed by atoms with Crippen molar-refractivity contribution in [2.45, 2.75) is 38.6 Å². The third-order valence-corrected chi connectivity index (χ3v) is 5.24. The number of aromatic nitrogens is 1. The van der Waals surface area contributed by atoms with Crippen molar-refractivity contribution in [2.75, 3.05) is 31.1 Å². The minimum Gasteiger partial charge on any atom is -0.354 e. The normalized spacial score (nSPS) is 23.1. The lowest BCUT2D eigenvalue weighted by Crippen LogP contribution is -2.28. The van der Waals surface area contributed by atoms with E-state index >= 15 is 0 Å². The first-order chi connectivity index (χ1) is 9.78. The topological polar surface area (TPSA) is 57.3 Å². The fraction of sp³-hybridized carbons (Fsp3) is 0.714. The third kappa shape index (κ3) is 2.81. The van der Waals surface area contributed by atoms with E-state index < -0.39 is 0 Å². The number of hydrogen-bond donors (Lipinski definition) is 2. The van der Waals surface area contributed by atoms with Gasteiger partial charge in [-0.25, -0.2) is 4.98 Å². The molecule has 1 aromatic rings. The summed E-state index contributed by atoms with van der Waals surface area (Å²) in [7, 11) is 0. The van der Waals surface area contributed by atoms with Gasteiger partial charge in [0.15, 0.2) is 5.13 Å². The molecule has 5 nitrogen and oxygen atoms in total. The van der Waals surface area contributed by atoms with Crippen LogP contribution in [0.5, 0.6) is 0 Å². The second-order valence-corrected chi connectivity index (χ2v) is 6.41. The van der Waals surface area contributed by atoms with Gasteiger partial charge in [0.25, 0.3) is 0 Å². The van der Waals surface area contributed by atoms with Crippen LogP contribution < -0.4 is 15.5 Å². The largest absolute Gasteiger partial charge is 0.354 e. The van der Waals surface area contributed by atoms with E-state index in [2.05, 4.69) is 22.5 Å². The van der Waals surface area contributed by atoms with Gasteiger partial charge in [-0.3, -0.25) is 4.79 Å². The van der Waals surface area contributed by atoms with Crippen LogP contribution in [0.1, 0.15) is 42.8 Å².